The number of carboxylic acids is 1. The van der Waals surface area contributed by atoms with Crippen LogP contribution in [-0.2, 0) is 11.3 Å². The number of aliphatic carboxylic acids is 1. The van der Waals surface area contributed by atoms with Crippen molar-refractivity contribution >= 4 is 27.8 Å². The molecule has 0 aliphatic carbocycles. The number of para-hydroxylation sites is 1. The molecule has 2 aromatic heterocycles. The highest BCUT2D eigenvalue weighted by Crippen LogP contribution is 2.32. The van der Waals surface area contributed by atoms with E-state index in [4.69, 9.17) is 9.47 Å². The van der Waals surface area contributed by atoms with Gasteiger partial charge in [0, 0.05) is 47.0 Å². The Morgan fingerprint density at radius 3 is 2.31 bits per heavy atom. The summed E-state index contributed by atoms with van der Waals surface area (Å²) in [4.78, 5) is 15.2. The monoisotopic (exact) mass is 469 g/mol. The molecule has 3 aromatic carbocycles. The highest BCUT2D eigenvalue weighted by Gasteiger charge is 2.12. The minimum atomic E-state index is -0.806. The number of nitrogens with zero attached hydrogens (tertiary/aromatic N) is 3. The van der Waals surface area contributed by atoms with E-state index in [1.807, 2.05) is 65.4 Å². The van der Waals surface area contributed by atoms with E-state index in [0.29, 0.717) is 19.8 Å². The lowest BCUT2D eigenvalue weighted by atomic mass is 10.1. The largest absolute Gasteiger partial charge is 0.494 e. The van der Waals surface area contributed by atoms with Gasteiger partial charge in [0.05, 0.1) is 31.5 Å². The minimum absolute atomic E-state index is 0.0745. The van der Waals surface area contributed by atoms with Gasteiger partial charge in [0.25, 0.3) is 0 Å². The van der Waals surface area contributed by atoms with Crippen LogP contribution in [0.5, 0.6) is 11.5 Å². The van der Waals surface area contributed by atoms with Crippen molar-refractivity contribution in [2.24, 2.45) is 0 Å². The third kappa shape index (κ3) is 5.14. The van der Waals surface area contributed by atoms with Gasteiger partial charge in [-0.05, 0) is 55.3 Å². The highest BCUT2D eigenvalue weighted by molar-refractivity contribution is 6.08. The molecule has 0 fully saturated rings. The second-order valence-corrected chi connectivity index (χ2v) is 8.36. The zero-order valence-corrected chi connectivity index (χ0v) is 19.3. The summed E-state index contributed by atoms with van der Waals surface area (Å²) in [5.74, 6) is 0.821. The first-order valence-electron chi connectivity index (χ1n) is 11.8. The van der Waals surface area contributed by atoms with Crippen LogP contribution >= 0.6 is 0 Å². The quantitative estimate of drug-likeness (QED) is 0.251. The van der Waals surface area contributed by atoms with Crippen LogP contribution in [0.25, 0.3) is 27.5 Å². The van der Waals surface area contributed by atoms with Gasteiger partial charge in [0.1, 0.15) is 11.5 Å². The molecule has 0 bridgehead atoms. The number of hydrogen-bond donors (Lipinski definition) is 1. The van der Waals surface area contributed by atoms with Gasteiger partial charge in [-0.2, -0.15) is 0 Å². The number of hydrogen-bond acceptors (Lipinski definition) is 4. The Labute approximate surface area is 203 Å². The lowest BCUT2D eigenvalue weighted by molar-refractivity contribution is -0.137. The van der Waals surface area contributed by atoms with Gasteiger partial charge in [0.15, 0.2) is 0 Å². The number of aryl methyl sites for hydroxylation is 1. The Hall–Kier alpha value is -4.26. The maximum atomic E-state index is 11.2. The van der Waals surface area contributed by atoms with Crippen LogP contribution in [0.1, 0.15) is 19.3 Å². The molecule has 0 atom stereocenters. The predicted molar refractivity (Wildman–Crippen MR) is 135 cm³/mol. The molecule has 178 valence electrons. The zero-order valence-electron chi connectivity index (χ0n) is 19.3. The summed E-state index contributed by atoms with van der Waals surface area (Å²) in [5.41, 5.74) is 3.07. The van der Waals surface area contributed by atoms with Gasteiger partial charge in [0.2, 0.25) is 0 Å². The first-order valence-corrected chi connectivity index (χ1v) is 11.8. The van der Waals surface area contributed by atoms with Crippen LogP contribution in [0.2, 0.25) is 0 Å². The molecule has 0 saturated carbocycles. The third-order valence-electron chi connectivity index (χ3n) is 6.01. The SMILES string of the molecule is O=C(O)CCn1c2ccccc2c2ccc(OCCCCOc3ccc(-n4ccnc4)cc3)cc21. The second kappa shape index (κ2) is 10.3. The summed E-state index contributed by atoms with van der Waals surface area (Å²) in [6.07, 6.45) is 7.25. The van der Waals surface area contributed by atoms with E-state index >= 15 is 0 Å². The number of ether oxygens (including phenoxy) is 2. The van der Waals surface area contributed by atoms with Crippen molar-refractivity contribution in [1.29, 1.82) is 0 Å². The fourth-order valence-corrected chi connectivity index (χ4v) is 4.28. The Balaban J connectivity index is 1.15. The van der Waals surface area contributed by atoms with Gasteiger partial charge >= 0.3 is 5.97 Å². The number of carboxylic acid groups (broad SMARTS) is 1. The lowest BCUT2D eigenvalue weighted by Crippen LogP contribution is -2.05. The molecule has 7 nitrogen and oxygen atoms in total. The molecule has 0 spiro atoms. The molecule has 5 aromatic rings. The molecule has 0 saturated heterocycles. The normalized spacial score (nSPS) is 11.2. The summed E-state index contributed by atoms with van der Waals surface area (Å²) in [7, 11) is 0. The topological polar surface area (TPSA) is 78.5 Å². The Morgan fingerprint density at radius 1 is 0.857 bits per heavy atom. The van der Waals surface area contributed by atoms with Gasteiger partial charge in [-0.3, -0.25) is 4.79 Å². The number of fused-ring (bicyclic) bond motifs is 3. The molecule has 0 aliphatic heterocycles. The fraction of sp³-hybridized carbons (Fsp3) is 0.214. The van der Waals surface area contributed by atoms with Gasteiger partial charge < -0.3 is 23.7 Å². The van der Waals surface area contributed by atoms with Crippen LogP contribution in [0.3, 0.4) is 0 Å². The van der Waals surface area contributed by atoms with E-state index in [2.05, 4.69) is 21.7 Å². The molecule has 35 heavy (non-hydrogen) atoms. The Morgan fingerprint density at radius 2 is 1.57 bits per heavy atom. The molecular formula is C28H27N3O4. The summed E-state index contributed by atoms with van der Waals surface area (Å²) >= 11 is 0. The first kappa shape index (κ1) is 22.5. The molecule has 1 N–H and O–H groups in total. The van der Waals surface area contributed by atoms with Gasteiger partial charge in [-0.1, -0.05) is 18.2 Å². The first-order chi connectivity index (χ1) is 17.2. The second-order valence-electron chi connectivity index (χ2n) is 8.36. The summed E-state index contributed by atoms with van der Waals surface area (Å²) < 4.78 is 15.9. The number of aromatic nitrogens is 3. The van der Waals surface area contributed by atoms with Crippen LogP contribution in [0.4, 0.5) is 0 Å². The fourth-order valence-electron chi connectivity index (χ4n) is 4.28. The lowest BCUT2D eigenvalue weighted by Gasteiger charge is -2.10. The summed E-state index contributed by atoms with van der Waals surface area (Å²) in [6.45, 7) is 1.63. The summed E-state index contributed by atoms with van der Waals surface area (Å²) in [6, 6.07) is 22.1. The number of unbranched alkanes of at least 4 members (excludes halogenated alkanes) is 1. The smallest absolute Gasteiger partial charge is 0.305 e. The van der Waals surface area contributed by atoms with Crippen LogP contribution in [0, 0.1) is 0 Å². The average molecular weight is 470 g/mol. The standard InChI is InChI=1S/C28H27N3O4/c32-28(33)13-15-31-26-6-2-1-5-24(26)25-12-11-23(19-27(25)31)35-18-4-3-17-34-22-9-7-21(8-10-22)30-16-14-29-20-30/h1-2,5-12,14,16,19-20H,3-4,13,15,17-18H2,(H,32,33). The minimum Gasteiger partial charge on any atom is -0.494 e. The van der Waals surface area contributed by atoms with Crippen molar-refractivity contribution in [1.82, 2.24) is 14.1 Å². The van der Waals surface area contributed by atoms with E-state index < -0.39 is 5.97 Å². The molecule has 7 heteroatoms. The average Bonchev–Trinajstić information content (AvgIpc) is 3.52. The van der Waals surface area contributed by atoms with E-state index in [-0.39, 0.29) is 6.42 Å². The van der Waals surface area contributed by atoms with Gasteiger partial charge in [-0.25, -0.2) is 4.98 Å². The Kier molecular flexibility index (Phi) is 6.66. The molecule has 2 heterocycles. The molecule has 0 radical (unpaired) electrons. The van der Waals surface area contributed by atoms with Crippen molar-refractivity contribution in [3.8, 4) is 17.2 Å². The van der Waals surface area contributed by atoms with Gasteiger partial charge in [-0.15, -0.1) is 0 Å². The highest BCUT2D eigenvalue weighted by atomic mass is 16.5. The van der Waals surface area contributed by atoms with E-state index in [9.17, 15) is 9.90 Å². The van der Waals surface area contributed by atoms with Crippen molar-refractivity contribution in [3.63, 3.8) is 0 Å². The third-order valence-corrected chi connectivity index (χ3v) is 6.01. The molecule has 0 amide bonds. The Bertz CT molecular complexity index is 1420. The molecule has 5 rings (SSSR count). The van der Waals surface area contributed by atoms with Crippen LogP contribution in [0.15, 0.2) is 85.5 Å². The maximum absolute atomic E-state index is 11.2. The molecule has 0 aliphatic rings. The summed E-state index contributed by atoms with van der Waals surface area (Å²) in [5, 5.41) is 11.4. The van der Waals surface area contributed by atoms with Crippen LogP contribution < -0.4 is 9.47 Å². The van der Waals surface area contributed by atoms with Crippen molar-refractivity contribution in [2.75, 3.05) is 13.2 Å². The number of benzene rings is 3. The number of imidazole rings is 1. The van der Waals surface area contributed by atoms with Crippen molar-refractivity contribution in [3.05, 3.63) is 85.5 Å². The van der Waals surface area contributed by atoms with E-state index in [0.717, 1.165) is 51.8 Å². The molecule has 0 unspecified atom stereocenters. The van der Waals surface area contributed by atoms with Crippen molar-refractivity contribution in [2.45, 2.75) is 25.8 Å². The molecular weight excluding hydrogens is 442 g/mol. The maximum Gasteiger partial charge on any atom is 0.305 e. The van der Waals surface area contributed by atoms with Crippen molar-refractivity contribution < 1.29 is 19.4 Å². The predicted octanol–water partition coefficient (Wildman–Crippen LogP) is 5.69. The number of rotatable bonds is 11. The van der Waals surface area contributed by atoms with Crippen LogP contribution in [-0.4, -0.2) is 38.4 Å². The number of carbonyl (C=O) groups is 1. The van der Waals surface area contributed by atoms with E-state index in [1.165, 1.54) is 0 Å². The zero-order chi connectivity index (χ0) is 24.0. The van der Waals surface area contributed by atoms with E-state index in [1.54, 1.807) is 12.5 Å².